The molecule has 3 nitrogen and oxygen atoms in total. The van der Waals surface area contributed by atoms with Crippen LogP contribution in [0.3, 0.4) is 0 Å². The zero-order valence-corrected chi connectivity index (χ0v) is 11.8. The molecule has 1 heterocycles. The number of aromatic nitrogens is 2. The highest BCUT2D eigenvalue weighted by Crippen LogP contribution is 2.18. The Morgan fingerprint density at radius 3 is 2.67 bits per heavy atom. The highest BCUT2D eigenvalue weighted by Gasteiger charge is 2.10. The van der Waals surface area contributed by atoms with Crippen LogP contribution < -0.4 is 5.32 Å². The van der Waals surface area contributed by atoms with E-state index in [2.05, 4.69) is 55.5 Å². The third kappa shape index (κ3) is 3.10. The summed E-state index contributed by atoms with van der Waals surface area (Å²) < 4.78 is 1.97. The van der Waals surface area contributed by atoms with Crippen LogP contribution >= 0.6 is 0 Å². The summed E-state index contributed by atoms with van der Waals surface area (Å²) in [6, 6.07) is 8.43. The van der Waals surface area contributed by atoms with E-state index in [0.717, 1.165) is 19.4 Å². The molecule has 2 rings (SSSR count). The van der Waals surface area contributed by atoms with Crippen molar-refractivity contribution < 1.29 is 0 Å². The van der Waals surface area contributed by atoms with Gasteiger partial charge in [0.1, 0.15) is 0 Å². The molecule has 3 heteroatoms. The first-order chi connectivity index (χ1) is 8.47. The van der Waals surface area contributed by atoms with E-state index in [1.165, 1.54) is 16.6 Å². The molecular weight excluding hydrogens is 222 g/mol. The van der Waals surface area contributed by atoms with Gasteiger partial charge in [-0.15, -0.1) is 0 Å². The monoisotopic (exact) mass is 245 g/mol. The van der Waals surface area contributed by atoms with Gasteiger partial charge in [0.05, 0.1) is 11.2 Å². The molecule has 0 amide bonds. The van der Waals surface area contributed by atoms with Gasteiger partial charge in [-0.3, -0.25) is 4.68 Å². The van der Waals surface area contributed by atoms with E-state index >= 15 is 0 Å². The van der Waals surface area contributed by atoms with E-state index in [1.54, 1.807) is 0 Å². The van der Waals surface area contributed by atoms with Gasteiger partial charge in [-0.05, 0) is 46.2 Å². The van der Waals surface area contributed by atoms with Gasteiger partial charge in [-0.2, -0.15) is 5.10 Å². The van der Waals surface area contributed by atoms with E-state index in [4.69, 9.17) is 0 Å². The minimum Gasteiger partial charge on any atom is -0.312 e. The molecule has 0 spiro atoms. The van der Waals surface area contributed by atoms with Crippen molar-refractivity contribution in [1.29, 1.82) is 0 Å². The van der Waals surface area contributed by atoms with Crippen molar-refractivity contribution in [1.82, 2.24) is 15.1 Å². The minimum absolute atomic E-state index is 0.201. The molecule has 0 aliphatic heterocycles. The van der Waals surface area contributed by atoms with Crippen LogP contribution in [-0.2, 0) is 13.5 Å². The summed E-state index contributed by atoms with van der Waals surface area (Å²) in [5, 5.41) is 9.41. The Balaban J connectivity index is 2.00. The number of hydrogen-bond acceptors (Lipinski definition) is 2. The summed E-state index contributed by atoms with van der Waals surface area (Å²) in [5.41, 5.74) is 2.63. The lowest BCUT2D eigenvalue weighted by molar-refractivity contribution is 0.422. The molecule has 0 aliphatic carbocycles. The summed E-state index contributed by atoms with van der Waals surface area (Å²) in [7, 11) is 2.01. The maximum atomic E-state index is 4.61. The van der Waals surface area contributed by atoms with Crippen molar-refractivity contribution in [3.05, 3.63) is 30.0 Å². The molecule has 0 radical (unpaired) electrons. The van der Waals surface area contributed by atoms with Crippen molar-refractivity contribution in [3.8, 4) is 0 Å². The molecule has 0 saturated heterocycles. The normalized spacial score (nSPS) is 12.2. The molecule has 0 bridgehead atoms. The highest BCUT2D eigenvalue weighted by atomic mass is 15.3. The number of benzene rings is 1. The van der Waals surface area contributed by atoms with Crippen LogP contribution in [0.25, 0.3) is 10.9 Å². The number of fused-ring (bicyclic) bond motifs is 1. The zero-order valence-electron chi connectivity index (χ0n) is 11.8. The van der Waals surface area contributed by atoms with E-state index in [0.29, 0.717) is 0 Å². The maximum absolute atomic E-state index is 4.61. The lowest BCUT2D eigenvalue weighted by atomic mass is 10.1. The highest BCUT2D eigenvalue weighted by molar-refractivity contribution is 5.81. The first kappa shape index (κ1) is 13.1. The zero-order chi connectivity index (χ0) is 13.2. The van der Waals surface area contributed by atoms with Gasteiger partial charge >= 0.3 is 0 Å². The molecule has 1 N–H and O–H groups in total. The van der Waals surface area contributed by atoms with Crippen molar-refractivity contribution in [2.24, 2.45) is 7.05 Å². The Kier molecular flexibility index (Phi) is 3.71. The molecule has 98 valence electrons. The van der Waals surface area contributed by atoms with Crippen molar-refractivity contribution >= 4 is 10.9 Å². The SMILES string of the molecule is Cn1nc(CCCNC(C)(C)C)c2ccccc21. The van der Waals surface area contributed by atoms with Crippen LogP contribution in [0.2, 0.25) is 0 Å². The first-order valence-corrected chi connectivity index (χ1v) is 6.63. The third-order valence-electron chi connectivity index (χ3n) is 3.08. The van der Waals surface area contributed by atoms with Gasteiger partial charge in [0.15, 0.2) is 0 Å². The number of nitrogens with one attached hydrogen (secondary N) is 1. The Labute approximate surface area is 109 Å². The van der Waals surface area contributed by atoms with Crippen molar-refractivity contribution in [2.45, 2.75) is 39.2 Å². The van der Waals surface area contributed by atoms with Crippen molar-refractivity contribution in [3.63, 3.8) is 0 Å². The maximum Gasteiger partial charge on any atom is 0.0703 e. The summed E-state index contributed by atoms with van der Waals surface area (Å²) in [5.74, 6) is 0. The van der Waals surface area contributed by atoms with Crippen LogP contribution in [-0.4, -0.2) is 21.9 Å². The number of rotatable bonds is 4. The first-order valence-electron chi connectivity index (χ1n) is 6.63. The van der Waals surface area contributed by atoms with Crippen LogP contribution in [0.15, 0.2) is 24.3 Å². The second kappa shape index (κ2) is 5.11. The Morgan fingerprint density at radius 1 is 1.22 bits per heavy atom. The summed E-state index contributed by atoms with van der Waals surface area (Å²) in [4.78, 5) is 0. The predicted molar refractivity (Wildman–Crippen MR) is 76.8 cm³/mol. The molecule has 0 aliphatic rings. The third-order valence-corrected chi connectivity index (χ3v) is 3.08. The smallest absolute Gasteiger partial charge is 0.0703 e. The largest absolute Gasteiger partial charge is 0.312 e. The number of para-hydroxylation sites is 1. The van der Waals surface area contributed by atoms with E-state index in [-0.39, 0.29) is 5.54 Å². The van der Waals surface area contributed by atoms with Gasteiger partial charge in [0, 0.05) is 18.0 Å². The summed E-state index contributed by atoms with van der Waals surface area (Å²) >= 11 is 0. The summed E-state index contributed by atoms with van der Waals surface area (Å²) in [6.07, 6.45) is 2.16. The fourth-order valence-corrected chi connectivity index (χ4v) is 2.19. The van der Waals surface area contributed by atoms with Crippen LogP contribution in [0, 0.1) is 0 Å². The van der Waals surface area contributed by atoms with E-state index < -0.39 is 0 Å². The molecule has 2 aromatic rings. The lowest BCUT2D eigenvalue weighted by Crippen LogP contribution is -2.36. The number of aryl methyl sites for hydroxylation is 2. The van der Waals surface area contributed by atoms with Gasteiger partial charge < -0.3 is 5.32 Å². The van der Waals surface area contributed by atoms with Gasteiger partial charge in [0.2, 0.25) is 0 Å². The van der Waals surface area contributed by atoms with Crippen LogP contribution in [0.1, 0.15) is 32.9 Å². The molecule has 0 atom stereocenters. The van der Waals surface area contributed by atoms with Gasteiger partial charge in [-0.25, -0.2) is 0 Å². The molecule has 1 aromatic heterocycles. The van der Waals surface area contributed by atoms with Crippen molar-refractivity contribution in [2.75, 3.05) is 6.54 Å². The minimum atomic E-state index is 0.201. The molecule has 1 aromatic carbocycles. The average Bonchev–Trinajstić information content (AvgIpc) is 2.62. The average molecular weight is 245 g/mol. The van der Waals surface area contributed by atoms with Crippen LogP contribution in [0.4, 0.5) is 0 Å². The second-order valence-electron chi connectivity index (χ2n) is 5.87. The standard InChI is InChI=1S/C15H23N3/c1-15(2,3)16-11-7-9-13-12-8-5-6-10-14(12)18(4)17-13/h5-6,8,10,16H,7,9,11H2,1-4H3. The van der Waals surface area contributed by atoms with Gasteiger partial charge in [0.25, 0.3) is 0 Å². The van der Waals surface area contributed by atoms with E-state index in [1.807, 2.05) is 11.7 Å². The van der Waals surface area contributed by atoms with E-state index in [9.17, 15) is 0 Å². The lowest BCUT2D eigenvalue weighted by Gasteiger charge is -2.20. The molecule has 18 heavy (non-hydrogen) atoms. The van der Waals surface area contributed by atoms with Crippen LogP contribution in [0.5, 0.6) is 0 Å². The molecular formula is C15H23N3. The Hall–Kier alpha value is -1.35. The molecule has 0 unspecified atom stereocenters. The summed E-state index contributed by atoms with van der Waals surface area (Å²) in [6.45, 7) is 7.63. The van der Waals surface area contributed by atoms with Gasteiger partial charge in [-0.1, -0.05) is 18.2 Å². The number of hydrogen-bond donors (Lipinski definition) is 1. The molecule has 0 saturated carbocycles. The Bertz CT molecular complexity index is 520. The fraction of sp³-hybridized carbons (Fsp3) is 0.533. The quantitative estimate of drug-likeness (QED) is 0.839. The predicted octanol–water partition coefficient (Wildman–Crippen LogP) is 2.89. The molecule has 0 fully saturated rings. The second-order valence-corrected chi connectivity index (χ2v) is 5.87. The fourth-order valence-electron chi connectivity index (χ4n) is 2.19. The number of nitrogens with zero attached hydrogens (tertiary/aromatic N) is 2. The topological polar surface area (TPSA) is 29.9 Å². The Morgan fingerprint density at radius 2 is 1.94 bits per heavy atom.